The Morgan fingerprint density at radius 2 is 2.19 bits per heavy atom. The summed E-state index contributed by atoms with van der Waals surface area (Å²) in [5.74, 6) is -0.149. The minimum Gasteiger partial charge on any atom is -0.360 e. The van der Waals surface area contributed by atoms with Crippen molar-refractivity contribution in [2.24, 2.45) is 0 Å². The van der Waals surface area contributed by atoms with E-state index in [2.05, 4.69) is 40.7 Å². The Balaban J connectivity index is 2.00. The van der Waals surface area contributed by atoms with Crippen molar-refractivity contribution in [2.75, 3.05) is 11.9 Å². The van der Waals surface area contributed by atoms with Crippen molar-refractivity contribution < 1.29 is 4.79 Å². The first-order valence-corrected chi connectivity index (χ1v) is 8.85. The highest BCUT2D eigenvalue weighted by Crippen LogP contribution is 2.24. The van der Waals surface area contributed by atoms with Crippen LogP contribution >= 0.6 is 22.7 Å². The molecule has 7 heteroatoms. The molecule has 1 unspecified atom stereocenters. The standard InChI is InChI=1S/C14H20N4OS2/c1-3-6-10(11-7-5-9-20-11)16-12(19)13-17-18-14(21-13)15-8-4-2/h5,7,9-10H,3-4,6,8H2,1-2H3,(H,15,18)(H,16,19). The van der Waals surface area contributed by atoms with Gasteiger partial charge in [-0.1, -0.05) is 37.7 Å². The van der Waals surface area contributed by atoms with Gasteiger partial charge in [-0.2, -0.15) is 0 Å². The third kappa shape index (κ3) is 4.50. The lowest BCUT2D eigenvalue weighted by atomic mass is 10.1. The fourth-order valence-electron chi connectivity index (χ4n) is 1.90. The number of hydrogen-bond acceptors (Lipinski definition) is 6. The summed E-state index contributed by atoms with van der Waals surface area (Å²) in [6, 6.07) is 4.12. The molecule has 0 saturated heterocycles. The highest BCUT2D eigenvalue weighted by Gasteiger charge is 2.19. The van der Waals surface area contributed by atoms with Crippen molar-refractivity contribution in [1.82, 2.24) is 15.5 Å². The summed E-state index contributed by atoms with van der Waals surface area (Å²) >= 11 is 2.96. The first-order valence-electron chi connectivity index (χ1n) is 7.16. The first-order chi connectivity index (χ1) is 10.2. The molecule has 0 fully saturated rings. The van der Waals surface area contributed by atoms with Gasteiger partial charge in [0.05, 0.1) is 6.04 Å². The van der Waals surface area contributed by atoms with Crippen molar-refractivity contribution in [3.63, 3.8) is 0 Å². The molecule has 2 aromatic heterocycles. The number of nitrogens with zero attached hydrogens (tertiary/aromatic N) is 2. The van der Waals surface area contributed by atoms with Crippen LogP contribution in [0.1, 0.15) is 53.8 Å². The van der Waals surface area contributed by atoms with E-state index in [9.17, 15) is 4.79 Å². The van der Waals surface area contributed by atoms with E-state index in [-0.39, 0.29) is 11.9 Å². The largest absolute Gasteiger partial charge is 0.360 e. The number of amides is 1. The van der Waals surface area contributed by atoms with Crippen LogP contribution in [0.15, 0.2) is 17.5 Å². The number of nitrogens with one attached hydrogen (secondary N) is 2. The predicted molar refractivity (Wildman–Crippen MR) is 88.1 cm³/mol. The minimum absolute atomic E-state index is 0.0541. The molecule has 0 aliphatic heterocycles. The van der Waals surface area contributed by atoms with E-state index < -0.39 is 0 Å². The van der Waals surface area contributed by atoms with E-state index >= 15 is 0 Å². The number of thiophene rings is 1. The first kappa shape index (κ1) is 15.9. The van der Waals surface area contributed by atoms with Crippen molar-refractivity contribution in [3.05, 3.63) is 27.4 Å². The Labute approximate surface area is 132 Å². The zero-order valence-corrected chi connectivity index (χ0v) is 13.9. The SMILES string of the molecule is CCCNc1nnc(C(=O)NC(CCC)c2cccs2)s1. The van der Waals surface area contributed by atoms with Gasteiger partial charge in [0.15, 0.2) is 0 Å². The van der Waals surface area contributed by atoms with E-state index in [0.29, 0.717) is 10.1 Å². The predicted octanol–water partition coefficient (Wildman–Crippen LogP) is 3.69. The van der Waals surface area contributed by atoms with Gasteiger partial charge in [-0.15, -0.1) is 21.5 Å². The summed E-state index contributed by atoms with van der Waals surface area (Å²) in [4.78, 5) is 13.5. The van der Waals surface area contributed by atoms with Gasteiger partial charge in [0.1, 0.15) is 0 Å². The van der Waals surface area contributed by atoms with Crippen molar-refractivity contribution in [2.45, 2.75) is 39.2 Å². The van der Waals surface area contributed by atoms with E-state index in [1.807, 2.05) is 11.4 Å². The molecule has 0 saturated carbocycles. The van der Waals surface area contributed by atoms with Crippen LogP contribution < -0.4 is 10.6 Å². The highest BCUT2D eigenvalue weighted by atomic mass is 32.1. The van der Waals surface area contributed by atoms with Gasteiger partial charge in [-0.25, -0.2) is 0 Å². The second-order valence-electron chi connectivity index (χ2n) is 4.67. The Kier molecular flexibility index (Phi) is 6.13. The molecule has 0 bridgehead atoms. The average Bonchev–Trinajstić information content (AvgIpc) is 3.16. The van der Waals surface area contributed by atoms with Crippen LogP contribution in [0.2, 0.25) is 0 Å². The molecule has 1 amide bonds. The van der Waals surface area contributed by atoms with Crippen LogP contribution in [0.25, 0.3) is 0 Å². The molecule has 0 aliphatic carbocycles. The number of rotatable bonds is 8. The lowest BCUT2D eigenvalue weighted by Gasteiger charge is -2.15. The summed E-state index contributed by atoms with van der Waals surface area (Å²) < 4.78 is 0. The van der Waals surface area contributed by atoms with Crippen LogP contribution in [-0.4, -0.2) is 22.6 Å². The zero-order chi connectivity index (χ0) is 15.1. The molecule has 2 N–H and O–H groups in total. The maximum Gasteiger partial charge on any atom is 0.282 e. The van der Waals surface area contributed by atoms with Gasteiger partial charge in [0.2, 0.25) is 10.1 Å². The van der Waals surface area contributed by atoms with Crippen molar-refractivity contribution in [3.8, 4) is 0 Å². The Bertz CT molecular complexity index is 553. The molecule has 0 spiro atoms. The van der Waals surface area contributed by atoms with Crippen LogP contribution in [0.5, 0.6) is 0 Å². The number of anilines is 1. The second-order valence-corrected chi connectivity index (χ2v) is 6.63. The van der Waals surface area contributed by atoms with Crippen LogP contribution in [0.3, 0.4) is 0 Å². The number of aromatic nitrogens is 2. The lowest BCUT2D eigenvalue weighted by molar-refractivity contribution is 0.0934. The van der Waals surface area contributed by atoms with Gasteiger partial charge >= 0.3 is 0 Å². The van der Waals surface area contributed by atoms with Gasteiger partial charge in [0.25, 0.3) is 5.91 Å². The van der Waals surface area contributed by atoms with E-state index in [0.717, 1.165) is 25.8 Å². The summed E-state index contributed by atoms with van der Waals surface area (Å²) in [5.41, 5.74) is 0. The highest BCUT2D eigenvalue weighted by molar-refractivity contribution is 7.17. The fourth-order valence-corrected chi connectivity index (χ4v) is 3.39. The molecule has 2 rings (SSSR count). The minimum atomic E-state index is -0.149. The van der Waals surface area contributed by atoms with Crippen LogP contribution in [-0.2, 0) is 0 Å². The normalized spacial score (nSPS) is 12.1. The van der Waals surface area contributed by atoms with Crippen LogP contribution in [0.4, 0.5) is 5.13 Å². The molecular formula is C14H20N4OS2. The topological polar surface area (TPSA) is 66.9 Å². The Morgan fingerprint density at radius 1 is 1.33 bits per heavy atom. The van der Waals surface area contributed by atoms with Crippen molar-refractivity contribution >= 4 is 33.7 Å². The van der Waals surface area contributed by atoms with Gasteiger partial charge in [-0.05, 0) is 24.3 Å². The second kappa shape index (κ2) is 8.09. The van der Waals surface area contributed by atoms with E-state index in [1.165, 1.54) is 16.2 Å². The molecule has 2 aromatic rings. The number of carbonyl (C=O) groups is 1. The summed E-state index contributed by atoms with van der Waals surface area (Å²) in [7, 11) is 0. The quantitative estimate of drug-likeness (QED) is 0.777. The van der Waals surface area contributed by atoms with Crippen LogP contribution in [0, 0.1) is 0 Å². The molecule has 114 valence electrons. The van der Waals surface area contributed by atoms with Gasteiger partial charge in [0, 0.05) is 11.4 Å². The van der Waals surface area contributed by atoms with E-state index in [4.69, 9.17) is 0 Å². The number of hydrogen-bond donors (Lipinski definition) is 2. The molecule has 0 aromatic carbocycles. The fraction of sp³-hybridized carbons (Fsp3) is 0.500. The average molecular weight is 324 g/mol. The summed E-state index contributed by atoms with van der Waals surface area (Å²) in [5, 5.41) is 17.3. The maximum atomic E-state index is 12.3. The monoisotopic (exact) mass is 324 g/mol. The molecule has 1 atom stereocenters. The molecular weight excluding hydrogens is 304 g/mol. The maximum absolute atomic E-state index is 12.3. The molecule has 5 nitrogen and oxygen atoms in total. The third-order valence-electron chi connectivity index (χ3n) is 2.91. The number of carbonyl (C=O) groups excluding carboxylic acids is 1. The molecule has 0 aliphatic rings. The Morgan fingerprint density at radius 3 is 2.86 bits per heavy atom. The zero-order valence-electron chi connectivity index (χ0n) is 12.3. The lowest BCUT2D eigenvalue weighted by Crippen LogP contribution is -2.27. The molecule has 2 heterocycles. The summed E-state index contributed by atoms with van der Waals surface area (Å²) in [6.07, 6.45) is 2.95. The van der Waals surface area contributed by atoms with Gasteiger partial charge < -0.3 is 10.6 Å². The van der Waals surface area contributed by atoms with Crippen molar-refractivity contribution in [1.29, 1.82) is 0 Å². The third-order valence-corrected chi connectivity index (χ3v) is 4.78. The molecule has 0 radical (unpaired) electrons. The van der Waals surface area contributed by atoms with Gasteiger partial charge in [-0.3, -0.25) is 4.79 Å². The smallest absolute Gasteiger partial charge is 0.282 e. The Hall–Kier alpha value is -1.47. The molecule has 21 heavy (non-hydrogen) atoms. The van der Waals surface area contributed by atoms with E-state index in [1.54, 1.807) is 11.3 Å². The summed E-state index contributed by atoms with van der Waals surface area (Å²) in [6.45, 7) is 5.03.